The lowest BCUT2D eigenvalue weighted by molar-refractivity contribution is -0.134. The minimum absolute atomic E-state index is 0.0642. The van der Waals surface area contributed by atoms with E-state index in [9.17, 15) is 4.79 Å². The van der Waals surface area contributed by atoms with Crippen molar-refractivity contribution < 1.29 is 18.8 Å². The fourth-order valence-corrected chi connectivity index (χ4v) is 3.19. The van der Waals surface area contributed by atoms with E-state index in [1.54, 1.807) is 0 Å². The van der Waals surface area contributed by atoms with Crippen LogP contribution in [0, 0.1) is 0 Å². The van der Waals surface area contributed by atoms with Gasteiger partial charge in [-0.1, -0.05) is 5.16 Å². The van der Waals surface area contributed by atoms with Crippen LogP contribution in [-0.4, -0.2) is 48.4 Å². The van der Waals surface area contributed by atoms with Gasteiger partial charge >= 0.3 is 0 Å². The van der Waals surface area contributed by atoms with Gasteiger partial charge < -0.3 is 18.9 Å². The first kappa shape index (κ1) is 15.2. The quantitative estimate of drug-likeness (QED) is 0.863. The molecule has 0 radical (unpaired) electrons. The predicted octanol–water partition coefficient (Wildman–Crippen LogP) is 2.07. The summed E-state index contributed by atoms with van der Waals surface area (Å²) in [7, 11) is 0. The Morgan fingerprint density at radius 2 is 2.12 bits per heavy atom. The van der Waals surface area contributed by atoms with Gasteiger partial charge in [0.1, 0.15) is 11.9 Å². The highest BCUT2D eigenvalue weighted by Gasteiger charge is 2.21. The summed E-state index contributed by atoms with van der Waals surface area (Å²) in [5.74, 6) is 1.69. The number of hydrogen-bond donors (Lipinski definition) is 0. The zero-order valence-corrected chi connectivity index (χ0v) is 13.7. The molecule has 1 atom stereocenters. The Kier molecular flexibility index (Phi) is 3.98. The first-order valence-electron chi connectivity index (χ1n) is 8.30. The number of rotatable bonds is 3. The van der Waals surface area contributed by atoms with E-state index in [0.717, 1.165) is 17.7 Å². The van der Waals surface area contributed by atoms with E-state index in [-0.39, 0.29) is 18.4 Å². The van der Waals surface area contributed by atoms with Gasteiger partial charge in [0.15, 0.2) is 5.76 Å². The van der Waals surface area contributed by atoms with E-state index in [4.69, 9.17) is 14.0 Å². The third-order valence-corrected chi connectivity index (χ3v) is 4.44. The van der Waals surface area contributed by atoms with E-state index < -0.39 is 0 Å². The molecule has 0 N–H and O–H groups in total. The van der Waals surface area contributed by atoms with Gasteiger partial charge in [-0.3, -0.25) is 4.79 Å². The summed E-state index contributed by atoms with van der Waals surface area (Å²) < 4.78 is 16.4. The number of morpholine rings is 1. The van der Waals surface area contributed by atoms with Crippen LogP contribution in [0.4, 0.5) is 0 Å². The van der Waals surface area contributed by atoms with Crippen LogP contribution in [0.1, 0.15) is 18.2 Å². The summed E-state index contributed by atoms with van der Waals surface area (Å²) in [6.07, 6.45) is 1.38. The van der Waals surface area contributed by atoms with Crippen molar-refractivity contribution in [1.82, 2.24) is 10.1 Å². The number of amides is 1. The standard InChI is InChI=1S/C18H20N2O4/c1-12-8-14-9-13(2-3-16(14)23-12)17-10-15(19-24-17)11-18(21)20-4-6-22-7-5-20/h2-3,9-10,12H,4-8,11H2,1H3. The lowest BCUT2D eigenvalue weighted by Gasteiger charge is -2.26. The zero-order chi connectivity index (χ0) is 16.5. The van der Waals surface area contributed by atoms with E-state index in [1.807, 2.05) is 23.1 Å². The molecule has 24 heavy (non-hydrogen) atoms. The molecule has 1 unspecified atom stereocenters. The van der Waals surface area contributed by atoms with Gasteiger partial charge in [0.2, 0.25) is 5.91 Å². The minimum atomic E-state index is 0.0642. The molecule has 1 aromatic heterocycles. The second kappa shape index (κ2) is 6.28. The van der Waals surface area contributed by atoms with Crippen LogP contribution in [-0.2, 0) is 22.4 Å². The maximum Gasteiger partial charge on any atom is 0.228 e. The fourth-order valence-electron chi connectivity index (χ4n) is 3.19. The first-order valence-corrected chi connectivity index (χ1v) is 8.30. The van der Waals surface area contributed by atoms with Gasteiger partial charge in [0.05, 0.1) is 25.3 Å². The van der Waals surface area contributed by atoms with Gasteiger partial charge in [-0.2, -0.15) is 0 Å². The maximum absolute atomic E-state index is 12.3. The van der Waals surface area contributed by atoms with Crippen LogP contribution in [0.15, 0.2) is 28.8 Å². The highest BCUT2D eigenvalue weighted by atomic mass is 16.5. The fraction of sp³-hybridized carbons (Fsp3) is 0.444. The highest BCUT2D eigenvalue weighted by Crippen LogP contribution is 2.33. The molecule has 1 aromatic carbocycles. The van der Waals surface area contributed by atoms with Gasteiger partial charge in [0.25, 0.3) is 0 Å². The topological polar surface area (TPSA) is 64.8 Å². The van der Waals surface area contributed by atoms with Crippen LogP contribution in [0.5, 0.6) is 5.75 Å². The molecule has 2 aliphatic rings. The highest BCUT2D eigenvalue weighted by molar-refractivity contribution is 5.78. The number of fused-ring (bicyclic) bond motifs is 1. The second-order valence-corrected chi connectivity index (χ2v) is 6.31. The number of carbonyl (C=O) groups is 1. The van der Waals surface area contributed by atoms with Crippen molar-refractivity contribution in [3.8, 4) is 17.1 Å². The van der Waals surface area contributed by atoms with Gasteiger partial charge in [-0.05, 0) is 30.7 Å². The van der Waals surface area contributed by atoms with Crippen LogP contribution >= 0.6 is 0 Å². The Morgan fingerprint density at radius 1 is 1.29 bits per heavy atom. The summed E-state index contributed by atoms with van der Waals surface area (Å²) in [5.41, 5.74) is 2.80. The number of hydrogen-bond acceptors (Lipinski definition) is 5. The number of carbonyl (C=O) groups excluding carboxylic acids is 1. The molecule has 0 spiro atoms. The first-order chi connectivity index (χ1) is 11.7. The van der Waals surface area contributed by atoms with Gasteiger partial charge in [-0.15, -0.1) is 0 Å². The molecular weight excluding hydrogens is 308 g/mol. The van der Waals surface area contributed by atoms with E-state index in [1.165, 1.54) is 5.56 Å². The number of benzene rings is 1. The van der Waals surface area contributed by atoms with Gasteiger partial charge in [0, 0.05) is 31.1 Å². The third kappa shape index (κ3) is 3.01. The number of aromatic nitrogens is 1. The van der Waals surface area contributed by atoms with Crippen molar-refractivity contribution >= 4 is 5.91 Å². The molecule has 2 aromatic rings. The molecule has 1 amide bonds. The monoisotopic (exact) mass is 328 g/mol. The summed E-state index contributed by atoms with van der Waals surface area (Å²) in [6, 6.07) is 7.85. The molecule has 3 heterocycles. The molecule has 0 bridgehead atoms. The van der Waals surface area contributed by atoms with E-state index in [2.05, 4.69) is 18.1 Å². The van der Waals surface area contributed by atoms with Crippen molar-refractivity contribution in [2.24, 2.45) is 0 Å². The molecule has 0 saturated carbocycles. The van der Waals surface area contributed by atoms with Crippen molar-refractivity contribution in [3.05, 3.63) is 35.5 Å². The normalized spacial score (nSPS) is 19.9. The molecule has 1 fully saturated rings. The molecule has 2 aliphatic heterocycles. The van der Waals surface area contributed by atoms with Crippen molar-refractivity contribution in [3.63, 3.8) is 0 Å². The molecule has 1 saturated heterocycles. The molecule has 126 valence electrons. The molecular formula is C18H20N2O4. The Morgan fingerprint density at radius 3 is 2.96 bits per heavy atom. The average molecular weight is 328 g/mol. The Bertz CT molecular complexity index is 749. The van der Waals surface area contributed by atoms with Gasteiger partial charge in [-0.25, -0.2) is 0 Å². The predicted molar refractivity (Wildman–Crippen MR) is 86.8 cm³/mol. The Balaban J connectivity index is 1.47. The second-order valence-electron chi connectivity index (χ2n) is 6.31. The largest absolute Gasteiger partial charge is 0.490 e. The lowest BCUT2D eigenvalue weighted by atomic mass is 10.1. The summed E-state index contributed by atoms with van der Waals surface area (Å²) in [5, 5.41) is 4.05. The van der Waals surface area contributed by atoms with E-state index >= 15 is 0 Å². The Labute approximate surface area is 140 Å². The summed E-state index contributed by atoms with van der Waals surface area (Å²) in [6.45, 7) is 4.55. The summed E-state index contributed by atoms with van der Waals surface area (Å²) >= 11 is 0. The SMILES string of the molecule is CC1Cc2cc(-c3cc(CC(=O)N4CCOCC4)no3)ccc2O1. The minimum Gasteiger partial charge on any atom is -0.490 e. The number of nitrogens with zero attached hydrogens (tertiary/aromatic N) is 2. The number of ether oxygens (including phenoxy) is 2. The molecule has 6 nitrogen and oxygen atoms in total. The van der Waals surface area contributed by atoms with Crippen molar-refractivity contribution in [1.29, 1.82) is 0 Å². The van der Waals surface area contributed by atoms with Crippen LogP contribution in [0.3, 0.4) is 0 Å². The van der Waals surface area contributed by atoms with Crippen LogP contribution in [0.2, 0.25) is 0 Å². The zero-order valence-electron chi connectivity index (χ0n) is 13.7. The molecule has 4 rings (SSSR count). The van der Waals surface area contributed by atoms with Crippen LogP contribution < -0.4 is 4.74 Å². The Hall–Kier alpha value is -2.34. The smallest absolute Gasteiger partial charge is 0.228 e. The molecule has 0 aliphatic carbocycles. The molecule has 6 heteroatoms. The lowest BCUT2D eigenvalue weighted by Crippen LogP contribution is -2.41. The van der Waals surface area contributed by atoms with Crippen LogP contribution in [0.25, 0.3) is 11.3 Å². The van der Waals surface area contributed by atoms with E-state index in [0.29, 0.717) is 37.8 Å². The maximum atomic E-state index is 12.3. The third-order valence-electron chi connectivity index (χ3n) is 4.44. The summed E-state index contributed by atoms with van der Waals surface area (Å²) in [4.78, 5) is 14.1. The van der Waals surface area contributed by atoms with Crippen molar-refractivity contribution in [2.45, 2.75) is 25.9 Å². The van der Waals surface area contributed by atoms with Crippen molar-refractivity contribution in [2.75, 3.05) is 26.3 Å². The average Bonchev–Trinajstić information content (AvgIpc) is 3.20.